The number of fused-ring (bicyclic) bond motifs is 1. The van der Waals surface area contributed by atoms with Crippen LogP contribution in [0.3, 0.4) is 0 Å². The molecule has 0 saturated heterocycles. The molecule has 1 N–H and O–H groups in total. The van der Waals surface area contributed by atoms with Crippen molar-refractivity contribution in [2.75, 3.05) is 11.1 Å². The van der Waals surface area contributed by atoms with E-state index in [0.29, 0.717) is 39.1 Å². The van der Waals surface area contributed by atoms with E-state index >= 15 is 0 Å². The number of hydrogen-bond acceptors (Lipinski definition) is 6. The molecule has 1 aromatic heterocycles. The fraction of sp³-hybridized carbons (Fsp3) is 0.320. The quantitative estimate of drug-likeness (QED) is 0.245. The largest absolute Gasteiger partial charge is 0.489 e. The van der Waals surface area contributed by atoms with Gasteiger partial charge in [-0.15, -0.1) is 5.10 Å². The monoisotopic (exact) mass is 516 g/mol. The molecule has 1 aliphatic heterocycles. The Labute approximate surface area is 213 Å². The Morgan fingerprint density at radius 2 is 1.94 bits per heavy atom. The summed E-state index contributed by atoms with van der Waals surface area (Å²) in [5.41, 5.74) is 3.33. The van der Waals surface area contributed by atoms with Crippen LogP contribution >= 0.6 is 35.0 Å². The Kier molecular flexibility index (Phi) is 7.86. The van der Waals surface area contributed by atoms with Gasteiger partial charge in [-0.1, -0.05) is 66.5 Å². The standard InChI is InChI=1S/C25H26Cl2N4O2S/c1-4-5-12-34-25-29-24-28-15(2)22(16(3)32)23(31(24)30-25)18-7-9-19(10-8-18)33-14-17-6-11-20(26)21(27)13-17/h6-11,13,23H,4-5,12,14H2,1-3H3,(H,28,29,30). The smallest absolute Gasteiger partial charge is 0.227 e. The molecule has 0 bridgehead atoms. The molecule has 1 aliphatic rings. The predicted octanol–water partition coefficient (Wildman–Crippen LogP) is 6.93. The van der Waals surface area contributed by atoms with Gasteiger partial charge in [-0.05, 0) is 55.7 Å². The number of Topliss-reactive ketones (excluding diaryl/α,β-unsaturated/α-hetero) is 1. The van der Waals surface area contributed by atoms with Crippen LogP contribution in [0.2, 0.25) is 10.0 Å². The number of ether oxygens (including phenoxy) is 1. The third-order valence-corrected chi connectivity index (χ3v) is 7.19. The van der Waals surface area contributed by atoms with Crippen molar-refractivity contribution in [3.63, 3.8) is 0 Å². The van der Waals surface area contributed by atoms with Crippen LogP contribution in [-0.2, 0) is 11.4 Å². The van der Waals surface area contributed by atoms with Crippen LogP contribution in [-0.4, -0.2) is 26.3 Å². The molecule has 1 atom stereocenters. The van der Waals surface area contributed by atoms with Gasteiger partial charge >= 0.3 is 0 Å². The van der Waals surface area contributed by atoms with Gasteiger partial charge in [-0.2, -0.15) is 4.98 Å². The minimum absolute atomic E-state index is 0.00344. The number of benzene rings is 2. The average Bonchev–Trinajstić information content (AvgIpc) is 3.21. The number of nitrogens with one attached hydrogen (secondary N) is 1. The molecule has 178 valence electrons. The molecule has 0 saturated carbocycles. The van der Waals surface area contributed by atoms with E-state index in [-0.39, 0.29) is 11.8 Å². The van der Waals surface area contributed by atoms with Gasteiger partial charge in [0.05, 0.1) is 10.0 Å². The van der Waals surface area contributed by atoms with E-state index in [4.69, 9.17) is 33.0 Å². The Morgan fingerprint density at radius 3 is 2.62 bits per heavy atom. The minimum Gasteiger partial charge on any atom is -0.489 e. The predicted molar refractivity (Wildman–Crippen MR) is 138 cm³/mol. The number of carbonyl (C=O) groups is 1. The number of anilines is 1. The van der Waals surface area contributed by atoms with Gasteiger partial charge in [0.2, 0.25) is 11.1 Å². The Balaban J connectivity index is 1.57. The maximum absolute atomic E-state index is 12.6. The molecule has 2 aromatic carbocycles. The molecule has 0 fully saturated rings. The molecule has 2 heterocycles. The number of ketones is 1. The highest BCUT2D eigenvalue weighted by molar-refractivity contribution is 7.99. The average molecular weight is 517 g/mol. The van der Waals surface area contributed by atoms with Gasteiger partial charge in [0.25, 0.3) is 0 Å². The molecule has 34 heavy (non-hydrogen) atoms. The molecular weight excluding hydrogens is 491 g/mol. The molecule has 9 heteroatoms. The Bertz CT molecular complexity index is 1220. The summed E-state index contributed by atoms with van der Waals surface area (Å²) in [5.74, 6) is 2.31. The Morgan fingerprint density at radius 1 is 1.18 bits per heavy atom. The van der Waals surface area contributed by atoms with Gasteiger partial charge in [0, 0.05) is 17.0 Å². The number of hydrogen-bond donors (Lipinski definition) is 1. The fourth-order valence-electron chi connectivity index (χ4n) is 3.81. The van der Waals surface area contributed by atoms with Crippen LogP contribution < -0.4 is 10.1 Å². The van der Waals surface area contributed by atoms with Gasteiger partial charge in [-0.3, -0.25) is 4.79 Å². The number of allylic oxidation sites excluding steroid dienone is 2. The summed E-state index contributed by atoms with van der Waals surface area (Å²) in [6.07, 6.45) is 2.22. The van der Waals surface area contributed by atoms with Crippen LogP contribution in [0.5, 0.6) is 5.75 Å². The lowest BCUT2D eigenvalue weighted by atomic mass is 9.93. The van der Waals surface area contributed by atoms with E-state index in [2.05, 4.69) is 17.2 Å². The summed E-state index contributed by atoms with van der Waals surface area (Å²) in [4.78, 5) is 17.2. The Hall–Kier alpha value is -2.48. The topological polar surface area (TPSA) is 69.0 Å². The zero-order chi connectivity index (χ0) is 24.2. The van der Waals surface area contributed by atoms with Gasteiger partial charge in [-0.25, -0.2) is 4.68 Å². The van der Waals surface area contributed by atoms with Crippen LogP contribution in [0.25, 0.3) is 0 Å². The first-order valence-electron chi connectivity index (χ1n) is 11.1. The van der Waals surface area contributed by atoms with Gasteiger partial charge in [0.15, 0.2) is 5.78 Å². The number of unbranched alkanes of at least 4 members (excludes halogenated alkanes) is 1. The number of thioether (sulfide) groups is 1. The van der Waals surface area contributed by atoms with E-state index in [0.717, 1.165) is 35.4 Å². The van der Waals surface area contributed by atoms with Crippen LogP contribution in [0.15, 0.2) is 58.9 Å². The third kappa shape index (κ3) is 5.43. The van der Waals surface area contributed by atoms with E-state index in [1.165, 1.54) is 0 Å². The second-order valence-electron chi connectivity index (χ2n) is 8.09. The number of carbonyl (C=O) groups excluding carboxylic acids is 1. The highest BCUT2D eigenvalue weighted by Gasteiger charge is 2.32. The van der Waals surface area contributed by atoms with E-state index < -0.39 is 0 Å². The van der Waals surface area contributed by atoms with Gasteiger partial charge in [0.1, 0.15) is 18.4 Å². The summed E-state index contributed by atoms with van der Waals surface area (Å²) in [6, 6.07) is 12.8. The second-order valence-corrected chi connectivity index (χ2v) is 9.97. The first-order valence-corrected chi connectivity index (χ1v) is 12.9. The second kappa shape index (κ2) is 10.8. The van der Waals surface area contributed by atoms with Crippen molar-refractivity contribution in [2.45, 2.75) is 51.4 Å². The van der Waals surface area contributed by atoms with Crippen molar-refractivity contribution < 1.29 is 9.53 Å². The van der Waals surface area contributed by atoms with Crippen molar-refractivity contribution >= 4 is 46.7 Å². The van der Waals surface area contributed by atoms with E-state index in [9.17, 15) is 4.79 Å². The molecule has 3 aromatic rings. The third-order valence-electron chi connectivity index (χ3n) is 5.53. The van der Waals surface area contributed by atoms with Gasteiger partial charge < -0.3 is 10.1 Å². The molecule has 0 spiro atoms. The maximum atomic E-state index is 12.6. The lowest BCUT2D eigenvalue weighted by Crippen LogP contribution is -2.27. The minimum atomic E-state index is -0.356. The van der Waals surface area contributed by atoms with Crippen LogP contribution in [0.1, 0.15) is 50.8 Å². The van der Waals surface area contributed by atoms with Crippen molar-refractivity contribution in [3.05, 3.63) is 74.9 Å². The van der Waals surface area contributed by atoms with Crippen molar-refractivity contribution in [1.29, 1.82) is 0 Å². The molecule has 0 amide bonds. The summed E-state index contributed by atoms with van der Waals surface area (Å²) in [5, 5.41) is 9.70. The summed E-state index contributed by atoms with van der Waals surface area (Å²) < 4.78 is 7.73. The summed E-state index contributed by atoms with van der Waals surface area (Å²) >= 11 is 13.7. The first-order chi connectivity index (χ1) is 16.4. The zero-order valence-electron chi connectivity index (χ0n) is 19.3. The van der Waals surface area contributed by atoms with Crippen LogP contribution in [0, 0.1) is 0 Å². The number of aromatic nitrogens is 3. The number of halogens is 2. The molecular formula is C25H26Cl2N4O2S. The first kappa shape index (κ1) is 24.6. The normalized spacial score (nSPS) is 15.1. The SMILES string of the molecule is CCCCSc1nc2n(n1)C(c1ccc(OCc3ccc(Cl)c(Cl)c3)cc1)C(C(C)=O)=C(C)N2. The van der Waals surface area contributed by atoms with E-state index in [1.807, 2.05) is 41.9 Å². The molecule has 0 radical (unpaired) electrons. The number of rotatable bonds is 9. The molecule has 6 nitrogen and oxygen atoms in total. The van der Waals surface area contributed by atoms with E-state index in [1.54, 1.807) is 30.8 Å². The molecule has 0 aliphatic carbocycles. The molecule has 4 rings (SSSR count). The lowest BCUT2D eigenvalue weighted by Gasteiger charge is -2.28. The highest BCUT2D eigenvalue weighted by atomic mass is 35.5. The summed E-state index contributed by atoms with van der Waals surface area (Å²) in [7, 11) is 0. The zero-order valence-corrected chi connectivity index (χ0v) is 21.6. The highest BCUT2D eigenvalue weighted by Crippen LogP contribution is 2.37. The fourth-order valence-corrected chi connectivity index (χ4v) is 5.04. The summed E-state index contributed by atoms with van der Waals surface area (Å²) in [6.45, 7) is 6.02. The maximum Gasteiger partial charge on any atom is 0.227 e. The molecule has 1 unspecified atom stereocenters. The van der Waals surface area contributed by atoms with Crippen molar-refractivity contribution in [2.24, 2.45) is 0 Å². The lowest BCUT2D eigenvalue weighted by molar-refractivity contribution is -0.114. The van der Waals surface area contributed by atoms with Crippen molar-refractivity contribution in [1.82, 2.24) is 14.8 Å². The number of nitrogens with zero attached hydrogens (tertiary/aromatic N) is 3. The van der Waals surface area contributed by atoms with Crippen molar-refractivity contribution in [3.8, 4) is 5.75 Å². The van der Waals surface area contributed by atoms with Crippen LogP contribution in [0.4, 0.5) is 5.95 Å².